The van der Waals surface area contributed by atoms with Gasteiger partial charge in [0.25, 0.3) is 0 Å². The average Bonchev–Trinajstić information content (AvgIpc) is 2.76. The molecule has 1 fully saturated rings. The van der Waals surface area contributed by atoms with Crippen LogP contribution in [0, 0.1) is 0 Å². The maximum Gasteiger partial charge on any atom is 0.232 e. The molecule has 1 aromatic rings. The van der Waals surface area contributed by atoms with E-state index in [1.165, 1.54) is 0 Å². The van der Waals surface area contributed by atoms with E-state index >= 15 is 0 Å². The maximum absolute atomic E-state index is 10.7. The molecule has 0 saturated carbocycles. The Balaban J connectivity index is 1.93. The van der Waals surface area contributed by atoms with E-state index in [0.29, 0.717) is 12.4 Å². The van der Waals surface area contributed by atoms with Crippen molar-refractivity contribution in [3.63, 3.8) is 0 Å². The van der Waals surface area contributed by atoms with Crippen LogP contribution in [-0.4, -0.2) is 64.4 Å². The van der Waals surface area contributed by atoms with Gasteiger partial charge >= 0.3 is 0 Å². The Morgan fingerprint density at radius 2 is 2.00 bits per heavy atom. The first kappa shape index (κ1) is 17.4. The van der Waals surface area contributed by atoms with Crippen molar-refractivity contribution < 1.29 is 9.63 Å². The van der Waals surface area contributed by atoms with Gasteiger partial charge in [-0.25, -0.2) is 0 Å². The van der Waals surface area contributed by atoms with Gasteiger partial charge in [-0.15, -0.1) is 0 Å². The molecule has 2 heterocycles. The van der Waals surface area contributed by atoms with Crippen molar-refractivity contribution in [1.82, 2.24) is 19.9 Å². The standard InChI is InChI=1S/C16H30N4O2/c1-15(2,3)14-17-13(18-22-14)11-20-9-6-7-16(21,8-10-20)12-19(4)5/h21H,6-12H2,1-5H3. The van der Waals surface area contributed by atoms with Crippen LogP contribution in [0.4, 0.5) is 0 Å². The molecule has 0 radical (unpaired) electrons. The van der Waals surface area contributed by atoms with Gasteiger partial charge in [0, 0.05) is 18.5 Å². The maximum atomic E-state index is 10.7. The number of rotatable bonds is 4. The van der Waals surface area contributed by atoms with Crippen molar-refractivity contribution in [2.45, 2.75) is 57.6 Å². The van der Waals surface area contributed by atoms with Gasteiger partial charge in [-0.2, -0.15) is 4.98 Å². The first-order valence-electron chi connectivity index (χ1n) is 8.10. The second-order valence-corrected chi connectivity index (χ2v) is 7.86. The van der Waals surface area contributed by atoms with Crippen LogP contribution in [0.5, 0.6) is 0 Å². The molecule has 0 spiro atoms. The molecule has 1 aliphatic heterocycles. The quantitative estimate of drug-likeness (QED) is 0.912. The summed E-state index contributed by atoms with van der Waals surface area (Å²) in [6.45, 7) is 9.44. The van der Waals surface area contributed by atoms with Gasteiger partial charge in [0.2, 0.25) is 5.89 Å². The number of aliphatic hydroxyl groups is 1. The second-order valence-electron chi connectivity index (χ2n) is 7.86. The van der Waals surface area contributed by atoms with Crippen molar-refractivity contribution in [1.29, 1.82) is 0 Å². The number of aromatic nitrogens is 2. The van der Waals surface area contributed by atoms with Crippen LogP contribution in [0.1, 0.15) is 51.7 Å². The lowest BCUT2D eigenvalue weighted by atomic mass is 9.94. The van der Waals surface area contributed by atoms with E-state index in [4.69, 9.17) is 4.52 Å². The van der Waals surface area contributed by atoms with Gasteiger partial charge in [-0.3, -0.25) is 4.90 Å². The monoisotopic (exact) mass is 310 g/mol. The normalized spacial score (nSPS) is 24.7. The van der Waals surface area contributed by atoms with Crippen LogP contribution in [0.15, 0.2) is 4.52 Å². The van der Waals surface area contributed by atoms with Crippen molar-refractivity contribution in [3.05, 3.63) is 11.7 Å². The van der Waals surface area contributed by atoms with Crippen LogP contribution < -0.4 is 0 Å². The lowest BCUT2D eigenvalue weighted by molar-refractivity contribution is 0.00252. The van der Waals surface area contributed by atoms with Crippen molar-refractivity contribution in [2.24, 2.45) is 0 Å². The minimum Gasteiger partial charge on any atom is -0.389 e. The van der Waals surface area contributed by atoms with Crippen molar-refractivity contribution >= 4 is 0 Å². The first-order chi connectivity index (χ1) is 10.2. The summed E-state index contributed by atoms with van der Waals surface area (Å²) in [4.78, 5) is 8.87. The Hall–Kier alpha value is -0.980. The summed E-state index contributed by atoms with van der Waals surface area (Å²) >= 11 is 0. The van der Waals surface area contributed by atoms with Crippen LogP contribution in [0.3, 0.4) is 0 Å². The summed E-state index contributed by atoms with van der Waals surface area (Å²) in [6, 6.07) is 0. The highest BCUT2D eigenvalue weighted by Gasteiger charge is 2.31. The highest BCUT2D eigenvalue weighted by molar-refractivity contribution is 4.98. The van der Waals surface area contributed by atoms with E-state index in [0.717, 1.165) is 44.7 Å². The smallest absolute Gasteiger partial charge is 0.232 e. The Kier molecular flexibility index (Phi) is 5.25. The van der Waals surface area contributed by atoms with Gasteiger partial charge in [0.15, 0.2) is 5.82 Å². The Labute approximate surface area is 133 Å². The third-order valence-electron chi connectivity index (χ3n) is 4.10. The molecule has 0 amide bonds. The lowest BCUT2D eigenvalue weighted by Gasteiger charge is -2.29. The van der Waals surface area contributed by atoms with E-state index in [9.17, 15) is 5.11 Å². The van der Waals surface area contributed by atoms with E-state index in [1.54, 1.807) is 0 Å². The summed E-state index contributed by atoms with van der Waals surface area (Å²) < 4.78 is 5.35. The van der Waals surface area contributed by atoms with Gasteiger partial charge in [0.1, 0.15) is 0 Å². The number of likely N-dealkylation sites (N-methyl/N-ethyl adjacent to an activating group) is 1. The molecule has 1 saturated heterocycles. The molecule has 22 heavy (non-hydrogen) atoms. The summed E-state index contributed by atoms with van der Waals surface area (Å²) in [5.74, 6) is 1.42. The van der Waals surface area contributed by atoms with Crippen LogP contribution in [0.2, 0.25) is 0 Å². The molecule has 2 rings (SSSR count). The molecule has 1 atom stereocenters. The van der Waals surface area contributed by atoms with E-state index in [-0.39, 0.29) is 5.41 Å². The molecule has 1 aromatic heterocycles. The van der Waals surface area contributed by atoms with Crippen LogP contribution in [0.25, 0.3) is 0 Å². The number of hydrogen-bond acceptors (Lipinski definition) is 6. The molecular weight excluding hydrogens is 280 g/mol. The van der Waals surface area contributed by atoms with E-state index in [1.807, 2.05) is 14.1 Å². The van der Waals surface area contributed by atoms with Gasteiger partial charge < -0.3 is 14.5 Å². The third kappa shape index (κ3) is 4.76. The van der Waals surface area contributed by atoms with Crippen LogP contribution in [-0.2, 0) is 12.0 Å². The summed E-state index contributed by atoms with van der Waals surface area (Å²) in [5, 5.41) is 14.8. The Bertz CT molecular complexity index is 481. The van der Waals surface area contributed by atoms with Gasteiger partial charge in [-0.1, -0.05) is 25.9 Å². The fraction of sp³-hybridized carbons (Fsp3) is 0.875. The molecule has 0 aliphatic carbocycles. The van der Waals surface area contributed by atoms with Crippen molar-refractivity contribution in [3.8, 4) is 0 Å². The first-order valence-corrected chi connectivity index (χ1v) is 8.10. The Morgan fingerprint density at radius 3 is 2.59 bits per heavy atom. The second kappa shape index (κ2) is 6.64. The van der Waals surface area contributed by atoms with Crippen LogP contribution >= 0.6 is 0 Å². The molecule has 6 nitrogen and oxygen atoms in total. The lowest BCUT2D eigenvalue weighted by Crippen LogP contribution is -2.40. The predicted molar refractivity (Wildman–Crippen MR) is 85.6 cm³/mol. The summed E-state index contributed by atoms with van der Waals surface area (Å²) in [6.07, 6.45) is 2.63. The molecule has 1 unspecified atom stereocenters. The minimum absolute atomic E-state index is 0.115. The largest absolute Gasteiger partial charge is 0.389 e. The summed E-state index contributed by atoms with van der Waals surface area (Å²) in [5.41, 5.74) is -0.692. The van der Waals surface area contributed by atoms with Gasteiger partial charge in [0.05, 0.1) is 12.1 Å². The fourth-order valence-corrected chi connectivity index (χ4v) is 2.96. The zero-order chi connectivity index (χ0) is 16.4. The minimum atomic E-state index is -0.577. The predicted octanol–water partition coefficient (Wildman–Crippen LogP) is 1.65. The fourth-order valence-electron chi connectivity index (χ4n) is 2.96. The number of hydrogen-bond donors (Lipinski definition) is 1. The zero-order valence-corrected chi connectivity index (χ0v) is 14.6. The average molecular weight is 310 g/mol. The van der Waals surface area contributed by atoms with Crippen molar-refractivity contribution in [2.75, 3.05) is 33.7 Å². The third-order valence-corrected chi connectivity index (χ3v) is 4.10. The molecule has 1 aliphatic rings. The number of likely N-dealkylation sites (tertiary alicyclic amines) is 1. The summed E-state index contributed by atoms with van der Waals surface area (Å²) in [7, 11) is 4.02. The molecule has 126 valence electrons. The SMILES string of the molecule is CN(C)CC1(O)CCCN(Cc2noc(C(C)(C)C)n2)CC1. The molecule has 1 N–H and O–H groups in total. The molecule has 6 heteroatoms. The molecular formula is C16H30N4O2. The highest BCUT2D eigenvalue weighted by atomic mass is 16.5. The molecule has 0 aromatic carbocycles. The zero-order valence-electron chi connectivity index (χ0n) is 14.6. The van der Waals surface area contributed by atoms with Gasteiger partial charge in [-0.05, 0) is 39.9 Å². The van der Waals surface area contributed by atoms with E-state index < -0.39 is 5.60 Å². The highest BCUT2D eigenvalue weighted by Crippen LogP contribution is 2.24. The molecule has 0 bridgehead atoms. The number of nitrogens with zero attached hydrogens (tertiary/aromatic N) is 4. The Morgan fingerprint density at radius 1 is 1.27 bits per heavy atom. The topological polar surface area (TPSA) is 65.6 Å². The van der Waals surface area contributed by atoms with E-state index in [2.05, 4.69) is 40.7 Å².